The first-order valence-corrected chi connectivity index (χ1v) is 8.03. The topological polar surface area (TPSA) is 78.0 Å². The Morgan fingerprint density at radius 3 is 2.79 bits per heavy atom. The number of nitrogens with one attached hydrogen (secondary N) is 2. The van der Waals surface area contributed by atoms with Gasteiger partial charge in [-0.3, -0.25) is 9.89 Å². The van der Waals surface area contributed by atoms with E-state index in [-0.39, 0.29) is 18.4 Å². The maximum Gasteiger partial charge on any atom is 0.251 e. The van der Waals surface area contributed by atoms with Crippen molar-refractivity contribution in [1.82, 2.24) is 15.5 Å². The first-order valence-electron chi connectivity index (χ1n) is 8.03. The van der Waals surface area contributed by atoms with E-state index in [1.54, 1.807) is 12.3 Å². The summed E-state index contributed by atoms with van der Waals surface area (Å²) in [6.45, 7) is 2.52. The minimum Gasteiger partial charge on any atom is -0.396 e. The van der Waals surface area contributed by atoms with Gasteiger partial charge in [-0.2, -0.15) is 5.10 Å². The summed E-state index contributed by atoms with van der Waals surface area (Å²) in [4.78, 5) is 12.3. The van der Waals surface area contributed by atoms with E-state index in [0.717, 1.165) is 22.9 Å². The van der Waals surface area contributed by atoms with E-state index in [1.807, 2.05) is 19.1 Å². The average Bonchev–Trinajstić information content (AvgIpc) is 3.07. The van der Waals surface area contributed by atoms with Crippen molar-refractivity contribution in [2.24, 2.45) is 5.92 Å². The van der Waals surface area contributed by atoms with E-state index in [9.17, 15) is 9.90 Å². The second-order valence-corrected chi connectivity index (χ2v) is 6.12. The summed E-state index contributed by atoms with van der Waals surface area (Å²) in [6.07, 6.45) is 2.43. The monoisotopic (exact) mass is 323 g/mol. The number of rotatable bonds is 6. The molecule has 5 heteroatoms. The Morgan fingerprint density at radius 1 is 1.25 bits per heavy atom. The first-order chi connectivity index (χ1) is 11.7. The van der Waals surface area contributed by atoms with Crippen LogP contribution in [0.5, 0.6) is 0 Å². The summed E-state index contributed by atoms with van der Waals surface area (Å²) in [6, 6.07) is 13.7. The van der Waals surface area contributed by atoms with Crippen LogP contribution in [0.4, 0.5) is 0 Å². The molecule has 0 bridgehead atoms. The zero-order valence-electron chi connectivity index (χ0n) is 13.6. The molecule has 3 N–H and O–H groups in total. The Balaban J connectivity index is 1.59. The molecule has 0 fully saturated rings. The average molecular weight is 323 g/mol. The van der Waals surface area contributed by atoms with Gasteiger partial charge in [-0.25, -0.2) is 0 Å². The van der Waals surface area contributed by atoms with E-state index in [2.05, 4.69) is 39.8 Å². The zero-order chi connectivity index (χ0) is 16.9. The van der Waals surface area contributed by atoms with Crippen LogP contribution in [-0.4, -0.2) is 34.4 Å². The molecule has 3 rings (SSSR count). The largest absolute Gasteiger partial charge is 0.396 e. The minimum absolute atomic E-state index is 0.00527. The van der Waals surface area contributed by atoms with Crippen LogP contribution in [0.25, 0.3) is 10.9 Å². The van der Waals surface area contributed by atoms with Gasteiger partial charge in [0.2, 0.25) is 0 Å². The number of aliphatic hydroxyl groups is 1. The molecule has 0 aliphatic rings. The fraction of sp³-hybridized carbons (Fsp3) is 0.263. The van der Waals surface area contributed by atoms with Gasteiger partial charge >= 0.3 is 0 Å². The molecule has 0 aliphatic heterocycles. The summed E-state index contributed by atoms with van der Waals surface area (Å²) < 4.78 is 0. The summed E-state index contributed by atoms with van der Waals surface area (Å²) in [5, 5.41) is 20.2. The van der Waals surface area contributed by atoms with Gasteiger partial charge in [0.15, 0.2) is 0 Å². The predicted molar refractivity (Wildman–Crippen MR) is 93.9 cm³/mol. The smallest absolute Gasteiger partial charge is 0.251 e. The number of fused-ring (bicyclic) bond motifs is 1. The van der Waals surface area contributed by atoms with Gasteiger partial charge in [0.25, 0.3) is 5.91 Å². The minimum atomic E-state index is -0.138. The van der Waals surface area contributed by atoms with Crippen LogP contribution in [0, 0.1) is 12.8 Å². The molecule has 1 amide bonds. The number of nitrogens with zero attached hydrogens (tertiary/aromatic N) is 1. The number of carbonyl (C=O) groups is 1. The lowest BCUT2D eigenvalue weighted by molar-refractivity contribution is 0.0940. The molecule has 0 spiro atoms. The van der Waals surface area contributed by atoms with Gasteiger partial charge in [-0.1, -0.05) is 29.8 Å². The van der Waals surface area contributed by atoms with E-state index in [0.29, 0.717) is 12.1 Å². The van der Waals surface area contributed by atoms with Crippen LogP contribution < -0.4 is 5.32 Å². The standard InChI is InChI=1S/C19H21N3O2/c1-13-2-4-14(5-3-13)8-15(12-23)10-20-19(24)16-6-7-18-17(9-16)11-21-22-18/h2-7,9,11,15,23H,8,10,12H2,1H3,(H,20,24)(H,21,22)/t15-/m1/s1. The molecule has 1 atom stereocenters. The molecule has 24 heavy (non-hydrogen) atoms. The second kappa shape index (κ2) is 7.27. The van der Waals surface area contributed by atoms with Crippen molar-refractivity contribution in [3.05, 3.63) is 65.4 Å². The third-order valence-corrected chi connectivity index (χ3v) is 4.16. The van der Waals surface area contributed by atoms with Crippen molar-refractivity contribution in [3.8, 4) is 0 Å². The lowest BCUT2D eigenvalue weighted by atomic mass is 9.99. The van der Waals surface area contributed by atoms with Crippen LogP contribution in [0.2, 0.25) is 0 Å². The highest BCUT2D eigenvalue weighted by Crippen LogP contribution is 2.13. The van der Waals surface area contributed by atoms with E-state index in [1.165, 1.54) is 5.56 Å². The molecule has 1 heterocycles. The molecule has 0 aliphatic carbocycles. The summed E-state index contributed by atoms with van der Waals surface area (Å²) >= 11 is 0. The molecule has 0 radical (unpaired) electrons. The molecular formula is C19H21N3O2. The zero-order valence-corrected chi connectivity index (χ0v) is 13.6. The molecule has 0 unspecified atom stereocenters. The third kappa shape index (κ3) is 3.81. The normalized spacial score (nSPS) is 12.2. The number of aliphatic hydroxyl groups excluding tert-OH is 1. The number of amides is 1. The van der Waals surface area contributed by atoms with Crippen molar-refractivity contribution in [2.45, 2.75) is 13.3 Å². The predicted octanol–water partition coefficient (Wildman–Crippen LogP) is 2.45. The van der Waals surface area contributed by atoms with Gasteiger partial charge in [-0.05, 0) is 37.1 Å². The molecule has 0 saturated carbocycles. The summed E-state index contributed by atoms with van der Waals surface area (Å²) in [7, 11) is 0. The Bertz CT molecular complexity index is 824. The van der Waals surface area contributed by atoms with Crippen LogP contribution in [0.1, 0.15) is 21.5 Å². The van der Waals surface area contributed by atoms with Crippen LogP contribution >= 0.6 is 0 Å². The number of aromatic nitrogens is 2. The first kappa shape index (κ1) is 16.2. The van der Waals surface area contributed by atoms with Gasteiger partial charge in [-0.15, -0.1) is 0 Å². The molecule has 1 aromatic heterocycles. The van der Waals surface area contributed by atoms with Gasteiger partial charge < -0.3 is 10.4 Å². The number of hydrogen-bond donors (Lipinski definition) is 3. The number of carbonyl (C=O) groups excluding carboxylic acids is 1. The molecule has 3 aromatic rings. The Hall–Kier alpha value is -2.66. The van der Waals surface area contributed by atoms with Crippen molar-refractivity contribution < 1.29 is 9.90 Å². The SMILES string of the molecule is Cc1ccc(C[C@@H](CO)CNC(=O)c2ccc3[nH]ncc3c2)cc1. The van der Waals surface area contributed by atoms with Gasteiger partial charge in [0, 0.05) is 30.0 Å². The molecule has 5 nitrogen and oxygen atoms in total. The quantitative estimate of drug-likeness (QED) is 0.652. The summed E-state index contributed by atoms with van der Waals surface area (Å²) in [5.41, 5.74) is 3.87. The molecule has 0 saturated heterocycles. The number of aryl methyl sites for hydroxylation is 1. The fourth-order valence-corrected chi connectivity index (χ4v) is 2.68. The highest BCUT2D eigenvalue weighted by molar-refractivity contribution is 5.97. The number of benzene rings is 2. The number of aromatic amines is 1. The lowest BCUT2D eigenvalue weighted by Gasteiger charge is -2.15. The van der Waals surface area contributed by atoms with Crippen LogP contribution in [-0.2, 0) is 6.42 Å². The third-order valence-electron chi connectivity index (χ3n) is 4.16. The van der Waals surface area contributed by atoms with E-state index < -0.39 is 0 Å². The van der Waals surface area contributed by atoms with E-state index in [4.69, 9.17) is 0 Å². The van der Waals surface area contributed by atoms with E-state index >= 15 is 0 Å². The van der Waals surface area contributed by atoms with Crippen LogP contribution in [0.15, 0.2) is 48.7 Å². The van der Waals surface area contributed by atoms with Crippen molar-refractivity contribution in [3.63, 3.8) is 0 Å². The van der Waals surface area contributed by atoms with Crippen LogP contribution in [0.3, 0.4) is 0 Å². The Labute approximate surface area is 140 Å². The highest BCUT2D eigenvalue weighted by atomic mass is 16.3. The molecule has 124 valence electrons. The second-order valence-electron chi connectivity index (χ2n) is 6.12. The Kier molecular flexibility index (Phi) is 4.91. The Morgan fingerprint density at radius 2 is 2.04 bits per heavy atom. The number of hydrogen-bond acceptors (Lipinski definition) is 3. The maximum absolute atomic E-state index is 12.3. The molecular weight excluding hydrogens is 302 g/mol. The van der Waals surface area contributed by atoms with Crippen molar-refractivity contribution in [2.75, 3.05) is 13.2 Å². The molecule has 2 aromatic carbocycles. The van der Waals surface area contributed by atoms with Crippen molar-refractivity contribution in [1.29, 1.82) is 0 Å². The van der Waals surface area contributed by atoms with Crippen molar-refractivity contribution >= 4 is 16.8 Å². The fourth-order valence-electron chi connectivity index (χ4n) is 2.68. The lowest BCUT2D eigenvalue weighted by Crippen LogP contribution is -2.31. The highest BCUT2D eigenvalue weighted by Gasteiger charge is 2.12. The maximum atomic E-state index is 12.3. The van der Waals surface area contributed by atoms with Gasteiger partial charge in [0.1, 0.15) is 0 Å². The van der Waals surface area contributed by atoms with Gasteiger partial charge in [0.05, 0.1) is 11.7 Å². The number of H-pyrrole nitrogens is 1. The summed E-state index contributed by atoms with van der Waals surface area (Å²) in [5.74, 6) is -0.144.